The molecule has 0 atom stereocenters. The molecule has 0 unspecified atom stereocenters. The molecule has 124 valence electrons. The van der Waals surface area contributed by atoms with Crippen molar-refractivity contribution < 1.29 is 4.74 Å². The Hall–Kier alpha value is -2.67. The second-order valence-corrected chi connectivity index (χ2v) is 6.13. The third-order valence-corrected chi connectivity index (χ3v) is 4.39. The average Bonchev–Trinajstić information content (AvgIpc) is 2.95. The molecule has 3 heterocycles. The molecule has 0 aliphatic carbocycles. The summed E-state index contributed by atoms with van der Waals surface area (Å²) in [5.74, 6) is 2.01. The second-order valence-electron chi connectivity index (χ2n) is 6.13. The highest BCUT2D eigenvalue weighted by atomic mass is 16.5. The van der Waals surface area contributed by atoms with Crippen LogP contribution >= 0.6 is 0 Å². The number of methoxy groups -OCH3 is 1. The van der Waals surface area contributed by atoms with Crippen LogP contribution in [0.2, 0.25) is 0 Å². The maximum atomic E-state index is 12.1. The van der Waals surface area contributed by atoms with E-state index in [1.807, 2.05) is 13.0 Å². The van der Waals surface area contributed by atoms with Crippen molar-refractivity contribution in [2.45, 2.75) is 26.4 Å². The molecular weight excluding hydrogens is 306 g/mol. The summed E-state index contributed by atoms with van der Waals surface area (Å²) in [5, 5.41) is 2.89. The lowest BCUT2D eigenvalue weighted by Gasteiger charge is -2.28. The Balaban J connectivity index is 1.57. The van der Waals surface area contributed by atoms with E-state index in [0.717, 1.165) is 31.0 Å². The zero-order valence-electron chi connectivity index (χ0n) is 13.7. The largest absolute Gasteiger partial charge is 0.497 e. The van der Waals surface area contributed by atoms with Gasteiger partial charge in [-0.05, 0) is 36.6 Å². The SMILES string of the molecule is COc1ccc2c(c1)CCN(Cc1cc(=O)n3[nH]c(C)nc3n1)C2. The maximum absolute atomic E-state index is 12.1. The van der Waals surface area contributed by atoms with Gasteiger partial charge in [0.25, 0.3) is 11.3 Å². The van der Waals surface area contributed by atoms with Gasteiger partial charge in [-0.2, -0.15) is 9.50 Å². The van der Waals surface area contributed by atoms with Crippen molar-refractivity contribution in [3.8, 4) is 5.75 Å². The van der Waals surface area contributed by atoms with Crippen LogP contribution in [0.25, 0.3) is 5.78 Å². The lowest BCUT2D eigenvalue weighted by Crippen LogP contribution is -2.31. The fraction of sp³-hybridized carbons (Fsp3) is 0.353. The summed E-state index contributed by atoms with van der Waals surface area (Å²) in [7, 11) is 1.69. The van der Waals surface area contributed by atoms with Crippen molar-refractivity contribution in [3.05, 3.63) is 57.3 Å². The Bertz CT molecular complexity index is 959. The fourth-order valence-corrected chi connectivity index (χ4v) is 3.19. The van der Waals surface area contributed by atoms with Crippen LogP contribution in [-0.4, -0.2) is 38.1 Å². The van der Waals surface area contributed by atoms with E-state index in [2.05, 4.69) is 32.1 Å². The molecule has 0 amide bonds. The third kappa shape index (κ3) is 2.67. The third-order valence-electron chi connectivity index (χ3n) is 4.39. The van der Waals surface area contributed by atoms with Crippen LogP contribution in [0.4, 0.5) is 0 Å². The van der Waals surface area contributed by atoms with Crippen molar-refractivity contribution in [2.24, 2.45) is 0 Å². The van der Waals surface area contributed by atoms with Crippen LogP contribution in [0.5, 0.6) is 5.75 Å². The van der Waals surface area contributed by atoms with Gasteiger partial charge in [0, 0.05) is 25.7 Å². The lowest BCUT2D eigenvalue weighted by atomic mass is 9.99. The Labute approximate surface area is 138 Å². The summed E-state index contributed by atoms with van der Waals surface area (Å²) < 4.78 is 6.66. The number of rotatable bonds is 3. The summed E-state index contributed by atoms with van der Waals surface area (Å²) in [6.45, 7) is 4.23. The van der Waals surface area contributed by atoms with Crippen molar-refractivity contribution in [3.63, 3.8) is 0 Å². The Morgan fingerprint density at radius 3 is 2.96 bits per heavy atom. The normalized spacial score (nSPS) is 14.8. The topological polar surface area (TPSA) is 75.5 Å². The number of hydrogen-bond acceptors (Lipinski definition) is 5. The van der Waals surface area contributed by atoms with Gasteiger partial charge in [0.05, 0.1) is 12.8 Å². The number of nitrogens with one attached hydrogen (secondary N) is 1. The van der Waals surface area contributed by atoms with E-state index >= 15 is 0 Å². The van der Waals surface area contributed by atoms with Crippen LogP contribution in [0.1, 0.15) is 22.6 Å². The van der Waals surface area contributed by atoms with E-state index in [0.29, 0.717) is 18.1 Å². The summed E-state index contributed by atoms with van der Waals surface area (Å²) >= 11 is 0. The van der Waals surface area contributed by atoms with Gasteiger partial charge in [0.15, 0.2) is 0 Å². The number of fused-ring (bicyclic) bond motifs is 2. The number of hydrogen-bond donors (Lipinski definition) is 1. The number of H-pyrrole nitrogens is 1. The smallest absolute Gasteiger partial charge is 0.274 e. The van der Waals surface area contributed by atoms with E-state index in [-0.39, 0.29) is 5.56 Å². The van der Waals surface area contributed by atoms with Crippen LogP contribution < -0.4 is 10.3 Å². The first kappa shape index (κ1) is 14.9. The molecule has 1 aromatic carbocycles. The van der Waals surface area contributed by atoms with E-state index in [9.17, 15) is 4.79 Å². The molecule has 4 rings (SSSR count). The molecule has 0 spiro atoms. The minimum atomic E-state index is -0.127. The summed E-state index contributed by atoms with van der Waals surface area (Å²) in [4.78, 5) is 23.2. The van der Waals surface area contributed by atoms with Gasteiger partial charge in [-0.1, -0.05) is 6.07 Å². The zero-order chi connectivity index (χ0) is 16.7. The van der Waals surface area contributed by atoms with Gasteiger partial charge in [-0.15, -0.1) is 0 Å². The molecule has 24 heavy (non-hydrogen) atoms. The number of ether oxygens (including phenoxy) is 1. The number of aryl methyl sites for hydroxylation is 1. The van der Waals surface area contributed by atoms with Crippen LogP contribution in [0.3, 0.4) is 0 Å². The molecule has 0 fully saturated rings. The summed E-state index contributed by atoms with van der Waals surface area (Å²) in [5.41, 5.74) is 3.26. The number of aromatic amines is 1. The van der Waals surface area contributed by atoms with Crippen molar-refractivity contribution in [2.75, 3.05) is 13.7 Å². The minimum absolute atomic E-state index is 0.127. The molecule has 1 aliphatic rings. The van der Waals surface area contributed by atoms with E-state index in [1.54, 1.807) is 13.2 Å². The van der Waals surface area contributed by atoms with Gasteiger partial charge in [0.1, 0.15) is 11.6 Å². The van der Waals surface area contributed by atoms with Gasteiger partial charge >= 0.3 is 0 Å². The number of nitrogens with zero attached hydrogens (tertiary/aromatic N) is 4. The minimum Gasteiger partial charge on any atom is -0.497 e. The van der Waals surface area contributed by atoms with Gasteiger partial charge in [0.2, 0.25) is 0 Å². The molecule has 0 saturated carbocycles. The lowest BCUT2D eigenvalue weighted by molar-refractivity contribution is 0.242. The fourth-order valence-electron chi connectivity index (χ4n) is 3.19. The highest BCUT2D eigenvalue weighted by Gasteiger charge is 2.18. The quantitative estimate of drug-likeness (QED) is 0.785. The van der Waals surface area contributed by atoms with Crippen molar-refractivity contribution >= 4 is 5.78 Å². The van der Waals surface area contributed by atoms with Crippen LogP contribution in [0.15, 0.2) is 29.1 Å². The van der Waals surface area contributed by atoms with Crippen LogP contribution in [0, 0.1) is 6.92 Å². The molecule has 7 nitrogen and oxygen atoms in total. The molecular formula is C17H19N5O2. The van der Waals surface area contributed by atoms with E-state index in [4.69, 9.17) is 4.74 Å². The molecule has 2 aromatic heterocycles. The number of aromatic nitrogens is 4. The predicted octanol–water partition coefficient (Wildman–Crippen LogP) is 1.29. The molecule has 1 aliphatic heterocycles. The predicted molar refractivity (Wildman–Crippen MR) is 89.2 cm³/mol. The monoisotopic (exact) mass is 325 g/mol. The van der Waals surface area contributed by atoms with E-state index in [1.165, 1.54) is 15.6 Å². The number of benzene rings is 1. The first-order valence-electron chi connectivity index (χ1n) is 7.96. The first-order valence-corrected chi connectivity index (χ1v) is 7.96. The average molecular weight is 325 g/mol. The second kappa shape index (κ2) is 5.76. The molecule has 1 N–H and O–H groups in total. The van der Waals surface area contributed by atoms with Gasteiger partial charge < -0.3 is 4.74 Å². The molecule has 0 radical (unpaired) electrons. The Kier molecular flexibility index (Phi) is 3.57. The highest BCUT2D eigenvalue weighted by Crippen LogP contribution is 2.24. The van der Waals surface area contributed by atoms with Crippen molar-refractivity contribution in [1.82, 2.24) is 24.5 Å². The standard InChI is InChI=1S/C17H19N5O2/c1-11-18-17-19-14(8-16(23)22(17)20-11)10-21-6-5-12-7-15(24-2)4-3-13(12)9-21/h3-4,7-8H,5-6,9-10H2,1-2H3,(H,18,19,20). The first-order chi connectivity index (χ1) is 11.6. The maximum Gasteiger partial charge on any atom is 0.274 e. The molecule has 0 bridgehead atoms. The molecule has 7 heteroatoms. The van der Waals surface area contributed by atoms with Crippen LogP contribution in [-0.2, 0) is 19.5 Å². The molecule has 0 saturated heterocycles. The Morgan fingerprint density at radius 2 is 2.12 bits per heavy atom. The van der Waals surface area contributed by atoms with Crippen molar-refractivity contribution in [1.29, 1.82) is 0 Å². The Morgan fingerprint density at radius 1 is 1.25 bits per heavy atom. The summed E-state index contributed by atoms with van der Waals surface area (Å²) in [6.07, 6.45) is 0.968. The summed E-state index contributed by atoms with van der Waals surface area (Å²) in [6, 6.07) is 7.79. The van der Waals surface area contributed by atoms with Gasteiger partial charge in [-0.3, -0.25) is 14.8 Å². The molecule has 3 aromatic rings. The highest BCUT2D eigenvalue weighted by molar-refractivity contribution is 5.37. The zero-order valence-corrected chi connectivity index (χ0v) is 13.7. The van der Waals surface area contributed by atoms with E-state index < -0.39 is 0 Å². The van der Waals surface area contributed by atoms with Gasteiger partial charge in [-0.25, -0.2) is 4.98 Å².